The molecule has 234 valence electrons. The van der Waals surface area contributed by atoms with Crippen LogP contribution in [0.1, 0.15) is 29.5 Å². The maximum Gasteiger partial charge on any atom is 0.410 e. The monoisotopic (exact) mass is 647 g/mol. The molecule has 3 aliphatic heterocycles. The molecule has 45 heavy (non-hydrogen) atoms. The molecule has 0 aliphatic carbocycles. The van der Waals surface area contributed by atoms with Crippen molar-refractivity contribution in [2.24, 2.45) is 0 Å². The molecule has 2 fully saturated rings. The molecule has 3 N–H and O–H groups in total. The maximum atomic E-state index is 13.9. The summed E-state index contributed by atoms with van der Waals surface area (Å²) in [6.07, 6.45) is 8.78. The number of aromatic nitrogens is 1. The Labute approximate surface area is 270 Å². The number of pyridine rings is 1. The number of anilines is 3. The number of fused-ring (bicyclic) bond motifs is 1. The van der Waals surface area contributed by atoms with Crippen molar-refractivity contribution in [3.8, 4) is 12.3 Å². The van der Waals surface area contributed by atoms with Gasteiger partial charge in [0.1, 0.15) is 0 Å². The van der Waals surface area contributed by atoms with Crippen LogP contribution in [0.4, 0.5) is 26.7 Å². The van der Waals surface area contributed by atoms with Crippen LogP contribution >= 0.6 is 22.9 Å². The zero-order valence-corrected chi connectivity index (χ0v) is 26.2. The number of amides is 4. The second kappa shape index (κ2) is 13.3. The minimum absolute atomic E-state index is 0.00433. The molecule has 2 aromatic heterocycles. The highest BCUT2D eigenvalue weighted by Crippen LogP contribution is 2.31. The van der Waals surface area contributed by atoms with Gasteiger partial charge in [-0.15, -0.1) is 17.8 Å². The molecule has 6 rings (SSSR count). The van der Waals surface area contributed by atoms with Crippen molar-refractivity contribution in [2.45, 2.75) is 38.0 Å². The summed E-state index contributed by atoms with van der Waals surface area (Å²) in [6.45, 7) is 3.58. The van der Waals surface area contributed by atoms with Crippen LogP contribution in [0, 0.1) is 12.3 Å². The number of thiophene rings is 1. The number of urea groups is 1. The first kappa shape index (κ1) is 30.6. The van der Waals surface area contributed by atoms with Gasteiger partial charge in [0.15, 0.2) is 6.10 Å². The number of hydrogen-bond acceptors (Lipinski definition) is 8. The van der Waals surface area contributed by atoms with E-state index >= 15 is 0 Å². The molecule has 3 aliphatic rings. The third-order valence-electron chi connectivity index (χ3n) is 8.65. The SMILES string of the molecule is C#Cc1cc(C[C@@H](OC(=O)N2CCC(N3Cc4cscc4NC3=O)CC2)C(=O)N2CCN(c3ccncc3)CC2)cc(Cl)c1N. The number of nitrogens with zero attached hydrogens (tertiary/aromatic N) is 5. The highest BCUT2D eigenvalue weighted by molar-refractivity contribution is 7.08. The van der Waals surface area contributed by atoms with Gasteiger partial charge in [0, 0.05) is 86.3 Å². The van der Waals surface area contributed by atoms with Crippen LogP contribution in [0.3, 0.4) is 0 Å². The topological polar surface area (TPSA) is 124 Å². The molecule has 5 heterocycles. The fraction of sp³-hybridized carbons (Fsp3) is 0.375. The Morgan fingerprint density at radius 3 is 2.56 bits per heavy atom. The molecule has 1 aromatic carbocycles. The van der Waals surface area contributed by atoms with Crippen LogP contribution in [0.15, 0.2) is 47.4 Å². The number of nitrogens with two attached hydrogens (primary N) is 1. The Morgan fingerprint density at radius 2 is 1.84 bits per heavy atom. The van der Waals surface area contributed by atoms with E-state index in [9.17, 15) is 14.4 Å². The van der Waals surface area contributed by atoms with Crippen molar-refractivity contribution in [1.82, 2.24) is 19.7 Å². The Hall–Kier alpha value is -4.47. The van der Waals surface area contributed by atoms with Gasteiger partial charge in [-0.25, -0.2) is 9.59 Å². The Balaban J connectivity index is 1.12. The summed E-state index contributed by atoms with van der Waals surface area (Å²) in [5, 5.41) is 7.22. The third kappa shape index (κ3) is 6.65. The van der Waals surface area contributed by atoms with Crippen molar-refractivity contribution in [3.05, 3.63) is 69.1 Å². The van der Waals surface area contributed by atoms with Crippen LogP contribution < -0.4 is 16.0 Å². The zero-order valence-electron chi connectivity index (χ0n) is 24.7. The lowest BCUT2D eigenvalue weighted by atomic mass is 10.0. The average molecular weight is 648 g/mol. The molecule has 11 nitrogen and oxygen atoms in total. The van der Waals surface area contributed by atoms with E-state index < -0.39 is 12.2 Å². The molecule has 1 atom stereocenters. The maximum absolute atomic E-state index is 13.9. The largest absolute Gasteiger partial charge is 0.436 e. The molecule has 0 unspecified atom stereocenters. The van der Waals surface area contributed by atoms with Crippen molar-refractivity contribution in [3.63, 3.8) is 0 Å². The molecule has 0 radical (unpaired) electrons. The molecule has 13 heteroatoms. The zero-order chi connectivity index (χ0) is 31.5. The molecule has 3 aromatic rings. The van der Waals surface area contributed by atoms with Crippen molar-refractivity contribution >= 4 is 58.0 Å². The van der Waals surface area contributed by atoms with Gasteiger partial charge in [0.25, 0.3) is 5.91 Å². The van der Waals surface area contributed by atoms with Gasteiger partial charge in [-0.3, -0.25) is 9.78 Å². The first-order valence-corrected chi connectivity index (χ1v) is 16.2. The number of nitrogens with one attached hydrogen (secondary N) is 1. The minimum Gasteiger partial charge on any atom is -0.436 e. The van der Waals surface area contributed by atoms with Gasteiger partial charge >= 0.3 is 12.1 Å². The quantitative estimate of drug-likeness (QED) is 0.303. The summed E-state index contributed by atoms with van der Waals surface area (Å²) in [7, 11) is 0. The smallest absolute Gasteiger partial charge is 0.410 e. The fourth-order valence-electron chi connectivity index (χ4n) is 6.10. The van der Waals surface area contributed by atoms with Gasteiger partial charge in [-0.1, -0.05) is 17.5 Å². The third-order valence-corrected chi connectivity index (χ3v) is 9.76. The van der Waals surface area contributed by atoms with E-state index in [-0.39, 0.29) is 35.1 Å². The minimum atomic E-state index is -1.09. The summed E-state index contributed by atoms with van der Waals surface area (Å²) in [5.41, 5.74) is 10.4. The molecule has 0 saturated carbocycles. The van der Waals surface area contributed by atoms with E-state index in [1.54, 1.807) is 45.7 Å². The number of piperidine rings is 1. The van der Waals surface area contributed by atoms with Gasteiger partial charge < -0.3 is 35.4 Å². The molecular weight excluding hydrogens is 614 g/mol. The van der Waals surface area contributed by atoms with E-state index in [4.69, 9.17) is 28.5 Å². The Morgan fingerprint density at radius 1 is 1.11 bits per heavy atom. The fourth-order valence-corrected chi connectivity index (χ4v) is 7.12. The predicted molar refractivity (Wildman–Crippen MR) is 174 cm³/mol. The molecular formula is C32H34ClN7O4S. The lowest BCUT2D eigenvalue weighted by Gasteiger charge is -2.40. The molecule has 0 spiro atoms. The highest BCUT2D eigenvalue weighted by atomic mass is 35.5. The number of hydrogen-bond donors (Lipinski definition) is 2. The van der Waals surface area contributed by atoms with Crippen molar-refractivity contribution in [1.29, 1.82) is 0 Å². The van der Waals surface area contributed by atoms with Crippen LogP contribution in [0.2, 0.25) is 5.02 Å². The molecule has 2 saturated heterocycles. The second-order valence-electron chi connectivity index (χ2n) is 11.4. The number of terminal acetylenes is 1. The summed E-state index contributed by atoms with van der Waals surface area (Å²) in [4.78, 5) is 51.6. The predicted octanol–water partition coefficient (Wildman–Crippen LogP) is 4.27. The normalized spacial score (nSPS) is 17.7. The Kier molecular flexibility index (Phi) is 9.00. The second-order valence-corrected chi connectivity index (χ2v) is 12.5. The van der Waals surface area contributed by atoms with E-state index in [1.165, 1.54) is 0 Å². The van der Waals surface area contributed by atoms with Gasteiger partial charge in [-0.05, 0) is 48.1 Å². The summed E-state index contributed by atoms with van der Waals surface area (Å²) >= 11 is 7.91. The van der Waals surface area contributed by atoms with Crippen molar-refractivity contribution in [2.75, 3.05) is 55.2 Å². The van der Waals surface area contributed by atoms with E-state index in [2.05, 4.69) is 21.1 Å². The number of likely N-dealkylation sites (tertiary alicyclic amines) is 1. The van der Waals surface area contributed by atoms with E-state index in [0.29, 0.717) is 69.8 Å². The first-order chi connectivity index (χ1) is 21.8. The first-order valence-electron chi connectivity index (χ1n) is 14.9. The lowest BCUT2D eigenvalue weighted by molar-refractivity contribution is -0.141. The molecule has 4 amide bonds. The summed E-state index contributed by atoms with van der Waals surface area (Å²) < 4.78 is 5.96. The number of ether oxygens (including phenoxy) is 1. The number of benzene rings is 1. The van der Waals surface area contributed by atoms with Crippen LogP contribution in [0.5, 0.6) is 0 Å². The summed E-state index contributed by atoms with van der Waals surface area (Å²) in [6, 6.07) is 7.11. The number of carbonyl (C=O) groups is 3. The number of halogens is 1. The average Bonchev–Trinajstić information content (AvgIpc) is 3.53. The number of nitrogen functional groups attached to an aromatic ring is 1. The van der Waals surface area contributed by atoms with Gasteiger partial charge in [0.2, 0.25) is 0 Å². The highest BCUT2D eigenvalue weighted by Gasteiger charge is 2.36. The molecule has 0 bridgehead atoms. The van der Waals surface area contributed by atoms with Crippen LogP contribution in [0.25, 0.3) is 0 Å². The van der Waals surface area contributed by atoms with Crippen molar-refractivity contribution < 1.29 is 19.1 Å². The Bertz CT molecular complexity index is 1610. The lowest BCUT2D eigenvalue weighted by Crippen LogP contribution is -2.54. The van der Waals surface area contributed by atoms with Gasteiger partial charge in [0.05, 0.1) is 22.9 Å². The van der Waals surface area contributed by atoms with Crippen LogP contribution in [-0.2, 0) is 22.5 Å². The number of piperazine rings is 1. The van der Waals surface area contributed by atoms with E-state index in [1.807, 2.05) is 27.8 Å². The number of rotatable bonds is 6. The standard InChI is InChI=1S/C32H34ClN7O4S/c1-2-22-15-21(16-26(33)29(22)34)17-28(30(41)38-13-11-37(12-14-38)24-3-7-35-8-4-24)44-32(43)39-9-5-25(6-10-39)40-18-23-19-45-20-27(23)36-31(40)42/h1,3-4,7-8,15-16,19-20,25,28H,5-6,9-14,17-18,34H2,(H,36,42)/t28-/m1/s1. The number of carbonyl (C=O) groups excluding carboxylic acids is 3. The van der Waals surface area contributed by atoms with Crippen LogP contribution in [-0.4, -0.2) is 89.1 Å². The van der Waals surface area contributed by atoms with E-state index in [0.717, 1.165) is 16.9 Å². The van der Waals surface area contributed by atoms with Gasteiger partial charge in [-0.2, -0.15) is 0 Å². The summed E-state index contributed by atoms with van der Waals surface area (Å²) in [5.74, 6) is 2.25.